The van der Waals surface area contributed by atoms with E-state index in [0.717, 1.165) is 24.0 Å². The summed E-state index contributed by atoms with van der Waals surface area (Å²) in [6.45, 7) is 0. The zero-order valence-corrected chi connectivity index (χ0v) is 9.93. The minimum absolute atomic E-state index is 0.651. The molecule has 1 aromatic carbocycles. The van der Waals surface area contributed by atoms with E-state index in [0.29, 0.717) is 6.42 Å². The summed E-state index contributed by atoms with van der Waals surface area (Å²) in [5, 5.41) is 14.9. The van der Waals surface area contributed by atoms with Gasteiger partial charge in [-0.15, -0.1) is 0 Å². The molecule has 1 aliphatic carbocycles. The summed E-state index contributed by atoms with van der Waals surface area (Å²) < 4.78 is 1.78. The van der Waals surface area contributed by atoms with Crippen LogP contribution in [-0.2, 0) is 25.5 Å². The fraction of sp³-hybridized carbons (Fsp3) is 0.357. The second kappa shape index (κ2) is 3.70. The maximum Gasteiger partial charge on any atom is 0.0943 e. The molecule has 1 aliphatic rings. The van der Waals surface area contributed by atoms with E-state index in [1.165, 1.54) is 5.56 Å². The van der Waals surface area contributed by atoms with Crippen LogP contribution in [0.3, 0.4) is 0 Å². The van der Waals surface area contributed by atoms with Crippen LogP contribution in [0.15, 0.2) is 36.7 Å². The summed E-state index contributed by atoms with van der Waals surface area (Å²) in [6.07, 6.45) is 6.23. The van der Waals surface area contributed by atoms with Crippen LogP contribution >= 0.6 is 0 Å². The molecule has 1 atom stereocenters. The fourth-order valence-electron chi connectivity index (χ4n) is 2.75. The molecule has 88 valence electrons. The largest absolute Gasteiger partial charge is 0.385 e. The first kappa shape index (κ1) is 10.5. The molecular formula is C14H16N2O. The van der Waals surface area contributed by atoms with Crippen LogP contribution in [-0.4, -0.2) is 14.9 Å². The number of aryl methyl sites for hydroxylation is 2. The standard InChI is InChI=1S/C14H16N2O/c1-16-10-11(9-15-16)8-14(17)7-6-12-4-2-3-5-13(12)14/h2-5,9-10,17H,6-8H2,1H3. The Morgan fingerprint density at radius 2 is 2.24 bits per heavy atom. The van der Waals surface area contributed by atoms with E-state index in [4.69, 9.17) is 0 Å². The van der Waals surface area contributed by atoms with Gasteiger partial charge in [-0.05, 0) is 29.5 Å². The number of benzene rings is 1. The van der Waals surface area contributed by atoms with E-state index in [1.54, 1.807) is 4.68 Å². The normalized spacial score (nSPS) is 22.7. The highest BCUT2D eigenvalue weighted by Gasteiger charge is 2.36. The van der Waals surface area contributed by atoms with Gasteiger partial charge in [0.1, 0.15) is 0 Å². The van der Waals surface area contributed by atoms with Crippen molar-refractivity contribution in [2.75, 3.05) is 0 Å². The van der Waals surface area contributed by atoms with Crippen molar-refractivity contribution in [2.24, 2.45) is 7.05 Å². The second-order valence-corrected chi connectivity index (χ2v) is 4.89. The predicted octanol–water partition coefficient (Wildman–Crippen LogP) is 1.80. The quantitative estimate of drug-likeness (QED) is 0.851. The molecule has 1 heterocycles. The Labute approximate surface area is 101 Å². The molecule has 1 unspecified atom stereocenters. The highest BCUT2D eigenvalue weighted by Crippen LogP contribution is 2.38. The SMILES string of the molecule is Cn1cc(CC2(O)CCc3ccccc32)cn1. The van der Waals surface area contributed by atoms with Crippen LogP contribution in [0.2, 0.25) is 0 Å². The number of rotatable bonds is 2. The van der Waals surface area contributed by atoms with Crippen LogP contribution < -0.4 is 0 Å². The van der Waals surface area contributed by atoms with Gasteiger partial charge in [0, 0.05) is 19.7 Å². The minimum Gasteiger partial charge on any atom is -0.385 e. The fourth-order valence-corrected chi connectivity index (χ4v) is 2.75. The van der Waals surface area contributed by atoms with Gasteiger partial charge >= 0.3 is 0 Å². The van der Waals surface area contributed by atoms with Crippen LogP contribution in [0.25, 0.3) is 0 Å². The zero-order valence-electron chi connectivity index (χ0n) is 9.93. The van der Waals surface area contributed by atoms with Gasteiger partial charge < -0.3 is 5.11 Å². The summed E-state index contributed by atoms with van der Waals surface area (Å²) in [6, 6.07) is 8.18. The highest BCUT2D eigenvalue weighted by atomic mass is 16.3. The van der Waals surface area contributed by atoms with E-state index < -0.39 is 5.60 Å². The Morgan fingerprint density at radius 1 is 1.41 bits per heavy atom. The summed E-state index contributed by atoms with van der Waals surface area (Å²) in [5.74, 6) is 0. The molecule has 2 aromatic rings. The Hall–Kier alpha value is -1.61. The van der Waals surface area contributed by atoms with Gasteiger partial charge in [0.2, 0.25) is 0 Å². The lowest BCUT2D eigenvalue weighted by atomic mass is 9.90. The van der Waals surface area contributed by atoms with Crippen LogP contribution in [0.1, 0.15) is 23.1 Å². The maximum absolute atomic E-state index is 10.8. The van der Waals surface area contributed by atoms with E-state index in [9.17, 15) is 5.11 Å². The molecule has 0 saturated heterocycles. The summed E-state index contributed by atoms with van der Waals surface area (Å²) >= 11 is 0. The number of nitrogens with zero attached hydrogens (tertiary/aromatic N) is 2. The van der Waals surface area contributed by atoms with Crippen molar-refractivity contribution in [1.29, 1.82) is 0 Å². The molecule has 0 amide bonds. The van der Waals surface area contributed by atoms with Gasteiger partial charge in [-0.3, -0.25) is 4.68 Å². The molecule has 0 radical (unpaired) electrons. The lowest BCUT2D eigenvalue weighted by Crippen LogP contribution is -2.25. The lowest BCUT2D eigenvalue weighted by Gasteiger charge is -2.23. The summed E-state index contributed by atoms with van der Waals surface area (Å²) in [7, 11) is 1.90. The van der Waals surface area contributed by atoms with Gasteiger partial charge in [-0.2, -0.15) is 5.10 Å². The van der Waals surface area contributed by atoms with Crippen molar-refractivity contribution in [1.82, 2.24) is 9.78 Å². The van der Waals surface area contributed by atoms with Crippen LogP contribution in [0, 0.1) is 0 Å². The van der Waals surface area contributed by atoms with Crippen molar-refractivity contribution in [2.45, 2.75) is 24.9 Å². The number of aromatic nitrogens is 2. The van der Waals surface area contributed by atoms with Crippen molar-refractivity contribution < 1.29 is 5.11 Å². The number of hydrogen-bond donors (Lipinski definition) is 1. The topological polar surface area (TPSA) is 38.0 Å². The monoisotopic (exact) mass is 228 g/mol. The Balaban J connectivity index is 1.93. The first-order chi connectivity index (χ1) is 8.17. The molecule has 3 heteroatoms. The van der Waals surface area contributed by atoms with E-state index in [2.05, 4.69) is 11.2 Å². The molecule has 3 rings (SSSR count). The zero-order chi connectivity index (χ0) is 11.9. The summed E-state index contributed by atoms with van der Waals surface area (Å²) in [4.78, 5) is 0. The van der Waals surface area contributed by atoms with Gasteiger partial charge in [0.05, 0.1) is 11.8 Å². The lowest BCUT2D eigenvalue weighted by molar-refractivity contribution is 0.0389. The Kier molecular flexibility index (Phi) is 2.30. The molecule has 1 N–H and O–H groups in total. The third-order valence-corrected chi connectivity index (χ3v) is 3.58. The van der Waals surface area contributed by atoms with Gasteiger partial charge in [0.25, 0.3) is 0 Å². The average Bonchev–Trinajstić information content (AvgIpc) is 2.86. The van der Waals surface area contributed by atoms with E-state index in [1.807, 2.05) is 37.6 Å². The van der Waals surface area contributed by atoms with Crippen molar-refractivity contribution >= 4 is 0 Å². The molecule has 3 nitrogen and oxygen atoms in total. The number of fused-ring (bicyclic) bond motifs is 1. The molecule has 1 aromatic heterocycles. The average molecular weight is 228 g/mol. The second-order valence-electron chi connectivity index (χ2n) is 4.89. The molecule has 0 fully saturated rings. The molecule has 0 saturated carbocycles. The smallest absolute Gasteiger partial charge is 0.0943 e. The third kappa shape index (κ3) is 1.76. The number of hydrogen-bond acceptors (Lipinski definition) is 2. The Morgan fingerprint density at radius 3 is 3.00 bits per heavy atom. The van der Waals surface area contributed by atoms with Crippen LogP contribution in [0.5, 0.6) is 0 Å². The van der Waals surface area contributed by atoms with Crippen molar-refractivity contribution in [3.63, 3.8) is 0 Å². The first-order valence-electron chi connectivity index (χ1n) is 5.96. The molecule has 0 aliphatic heterocycles. The third-order valence-electron chi connectivity index (χ3n) is 3.58. The predicted molar refractivity (Wildman–Crippen MR) is 65.6 cm³/mol. The molecule has 0 spiro atoms. The van der Waals surface area contributed by atoms with E-state index in [-0.39, 0.29) is 0 Å². The van der Waals surface area contributed by atoms with E-state index >= 15 is 0 Å². The van der Waals surface area contributed by atoms with Crippen LogP contribution in [0.4, 0.5) is 0 Å². The maximum atomic E-state index is 10.8. The van der Waals surface area contributed by atoms with Gasteiger partial charge in [0.15, 0.2) is 0 Å². The molecule has 0 bridgehead atoms. The molecule has 17 heavy (non-hydrogen) atoms. The number of aliphatic hydroxyl groups is 1. The molecular weight excluding hydrogens is 212 g/mol. The van der Waals surface area contributed by atoms with Crippen molar-refractivity contribution in [3.05, 3.63) is 53.3 Å². The minimum atomic E-state index is -0.709. The van der Waals surface area contributed by atoms with Gasteiger partial charge in [-0.1, -0.05) is 24.3 Å². The first-order valence-corrected chi connectivity index (χ1v) is 5.96. The summed E-state index contributed by atoms with van der Waals surface area (Å²) in [5.41, 5.74) is 2.74. The highest BCUT2D eigenvalue weighted by molar-refractivity contribution is 5.38. The van der Waals surface area contributed by atoms with Gasteiger partial charge in [-0.25, -0.2) is 0 Å². The Bertz CT molecular complexity index is 547. The van der Waals surface area contributed by atoms with Crippen molar-refractivity contribution in [3.8, 4) is 0 Å².